The first-order chi connectivity index (χ1) is 8.19. The van der Waals surface area contributed by atoms with E-state index < -0.39 is 0 Å². The summed E-state index contributed by atoms with van der Waals surface area (Å²) in [6, 6.07) is 5.90. The number of halogens is 1. The Hall–Kier alpha value is -1.31. The number of pyridine rings is 1. The number of likely N-dealkylation sites (N-methyl/N-ethyl adjacent to an activating group) is 1. The molecule has 0 aliphatic carbocycles. The zero-order valence-corrected chi connectivity index (χ0v) is 10.5. The third kappa shape index (κ3) is 3.09. The van der Waals surface area contributed by atoms with Gasteiger partial charge in [0.1, 0.15) is 11.0 Å². The van der Waals surface area contributed by atoms with E-state index in [4.69, 9.17) is 16.9 Å². The SMILES string of the molecule is CN1CCCC1CNc1cc(C#N)cc(Cl)n1. The fraction of sp³-hybridized carbons (Fsp3) is 0.500. The molecule has 1 aliphatic rings. The van der Waals surface area contributed by atoms with Crippen LogP contribution in [0.1, 0.15) is 18.4 Å². The van der Waals surface area contributed by atoms with Gasteiger partial charge in [-0.25, -0.2) is 4.98 Å². The maximum atomic E-state index is 8.84. The first-order valence-corrected chi connectivity index (χ1v) is 6.08. The van der Waals surface area contributed by atoms with Crippen LogP contribution in [-0.2, 0) is 0 Å². The Balaban J connectivity index is 1.99. The lowest BCUT2D eigenvalue weighted by atomic mass is 10.2. The number of nitrogens with one attached hydrogen (secondary N) is 1. The Bertz CT molecular complexity index is 441. The van der Waals surface area contributed by atoms with E-state index in [0.717, 1.165) is 13.1 Å². The van der Waals surface area contributed by atoms with E-state index in [2.05, 4.69) is 28.3 Å². The van der Waals surface area contributed by atoms with Gasteiger partial charge in [-0.3, -0.25) is 0 Å². The third-order valence-corrected chi connectivity index (χ3v) is 3.31. The van der Waals surface area contributed by atoms with Crippen molar-refractivity contribution in [1.82, 2.24) is 9.88 Å². The fourth-order valence-electron chi connectivity index (χ4n) is 2.11. The van der Waals surface area contributed by atoms with Crippen molar-refractivity contribution in [1.29, 1.82) is 5.26 Å². The summed E-state index contributed by atoms with van der Waals surface area (Å²) < 4.78 is 0. The predicted octanol–water partition coefficient (Wildman–Crippen LogP) is 2.11. The van der Waals surface area contributed by atoms with Crippen molar-refractivity contribution in [2.75, 3.05) is 25.5 Å². The molecule has 2 rings (SSSR count). The lowest BCUT2D eigenvalue weighted by molar-refractivity contribution is 0.322. The van der Waals surface area contributed by atoms with Crippen molar-refractivity contribution in [2.24, 2.45) is 0 Å². The van der Waals surface area contributed by atoms with Crippen molar-refractivity contribution in [2.45, 2.75) is 18.9 Å². The second-order valence-corrected chi connectivity index (χ2v) is 4.72. The van der Waals surface area contributed by atoms with Crippen LogP contribution in [0.25, 0.3) is 0 Å². The van der Waals surface area contributed by atoms with Gasteiger partial charge in [-0.2, -0.15) is 5.26 Å². The molecule has 5 heteroatoms. The Kier molecular flexibility index (Phi) is 3.82. The van der Waals surface area contributed by atoms with E-state index in [9.17, 15) is 0 Å². The summed E-state index contributed by atoms with van der Waals surface area (Å²) in [5.74, 6) is 0.675. The minimum Gasteiger partial charge on any atom is -0.368 e. The molecule has 1 N–H and O–H groups in total. The Morgan fingerprint density at radius 1 is 1.65 bits per heavy atom. The zero-order valence-electron chi connectivity index (χ0n) is 9.78. The van der Waals surface area contributed by atoms with Gasteiger partial charge in [0.05, 0.1) is 11.6 Å². The predicted molar refractivity (Wildman–Crippen MR) is 68.1 cm³/mol. The summed E-state index contributed by atoms with van der Waals surface area (Å²) in [5.41, 5.74) is 0.535. The smallest absolute Gasteiger partial charge is 0.132 e. The highest BCUT2D eigenvalue weighted by Crippen LogP contribution is 2.17. The van der Waals surface area contributed by atoms with E-state index in [1.54, 1.807) is 12.1 Å². The highest BCUT2D eigenvalue weighted by atomic mass is 35.5. The Morgan fingerprint density at radius 3 is 3.12 bits per heavy atom. The number of aromatic nitrogens is 1. The van der Waals surface area contributed by atoms with Gasteiger partial charge in [0.2, 0.25) is 0 Å². The molecular weight excluding hydrogens is 236 g/mol. The Labute approximate surface area is 106 Å². The summed E-state index contributed by atoms with van der Waals surface area (Å²) in [7, 11) is 2.13. The topological polar surface area (TPSA) is 52.0 Å². The van der Waals surface area contributed by atoms with E-state index in [-0.39, 0.29) is 0 Å². The van der Waals surface area contributed by atoms with Crippen LogP contribution in [0.15, 0.2) is 12.1 Å². The fourth-order valence-corrected chi connectivity index (χ4v) is 2.32. The second kappa shape index (κ2) is 5.35. The van der Waals surface area contributed by atoms with Crippen LogP contribution in [0, 0.1) is 11.3 Å². The molecule has 17 heavy (non-hydrogen) atoms. The van der Waals surface area contributed by atoms with E-state index >= 15 is 0 Å². The highest BCUT2D eigenvalue weighted by molar-refractivity contribution is 6.29. The molecule has 1 aliphatic heterocycles. The molecule has 1 unspecified atom stereocenters. The Morgan fingerprint density at radius 2 is 2.47 bits per heavy atom. The molecule has 0 bridgehead atoms. The molecule has 90 valence electrons. The van der Waals surface area contributed by atoms with Crippen molar-refractivity contribution in [3.05, 3.63) is 22.8 Å². The third-order valence-electron chi connectivity index (χ3n) is 3.11. The first kappa shape index (κ1) is 12.2. The number of hydrogen-bond acceptors (Lipinski definition) is 4. The normalized spacial score (nSPS) is 20.2. The summed E-state index contributed by atoms with van der Waals surface area (Å²) in [4.78, 5) is 6.49. The van der Waals surface area contributed by atoms with Gasteiger partial charge >= 0.3 is 0 Å². The van der Waals surface area contributed by atoms with Gasteiger partial charge in [0.15, 0.2) is 0 Å². The maximum Gasteiger partial charge on any atom is 0.132 e. The monoisotopic (exact) mass is 250 g/mol. The van der Waals surface area contributed by atoms with Crippen molar-refractivity contribution >= 4 is 17.4 Å². The van der Waals surface area contributed by atoms with Crippen molar-refractivity contribution < 1.29 is 0 Å². The number of rotatable bonds is 3. The quantitative estimate of drug-likeness (QED) is 0.835. The van der Waals surface area contributed by atoms with Crippen LogP contribution in [0.3, 0.4) is 0 Å². The number of anilines is 1. The largest absolute Gasteiger partial charge is 0.368 e. The molecule has 1 atom stereocenters. The van der Waals surface area contributed by atoms with Gasteiger partial charge in [-0.1, -0.05) is 11.6 Å². The van der Waals surface area contributed by atoms with E-state index in [0.29, 0.717) is 22.6 Å². The van der Waals surface area contributed by atoms with Crippen molar-refractivity contribution in [3.63, 3.8) is 0 Å². The molecule has 1 aromatic rings. The molecule has 1 fully saturated rings. The van der Waals surface area contributed by atoms with Gasteiger partial charge in [0, 0.05) is 12.6 Å². The highest BCUT2D eigenvalue weighted by Gasteiger charge is 2.20. The van der Waals surface area contributed by atoms with E-state index in [1.807, 2.05) is 0 Å². The number of hydrogen-bond donors (Lipinski definition) is 1. The molecule has 0 amide bonds. The average molecular weight is 251 g/mol. The number of nitriles is 1. The molecule has 4 nitrogen and oxygen atoms in total. The molecule has 0 spiro atoms. The summed E-state index contributed by atoms with van der Waals surface area (Å²) >= 11 is 5.84. The summed E-state index contributed by atoms with van der Waals surface area (Å²) in [5, 5.41) is 12.4. The van der Waals surface area contributed by atoms with Gasteiger partial charge in [0.25, 0.3) is 0 Å². The summed E-state index contributed by atoms with van der Waals surface area (Å²) in [6.07, 6.45) is 2.45. The van der Waals surface area contributed by atoms with Gasteiger partial charge in [-0.15, -0.1) is 0 Å². The minimum atomic E-state index is 0.353. The van der Waals surface area contributed by atoms with Crippen LogP contribution in [-0.4, -0.2) is 36.1 Å². The van der Waals surface area contributed by atoms with Crippen LogP contribution >= 0.6 is 11.6 Å². The summed E-state index contributed by atoms with van der Waals surface area (Å²) in [6.45, 7) is 1.99. The number of nitrogens with zero attached hydrogens (tertiary/aromatic N) is 3. The van der Waals surface area contributed by atoms with Crippen LogP contribution in [0.2, 0.25) is 5.15 Å². The molecule has 2 heterocycles. The molecule has 1 saturated heterocycles. The second-order valence-electron chi connectivity index (χ2n) is 4.33. The lowest BCUT2D eigenvalue weighted by Gasteiger charge is -2.20. The van der Waals surface area contributed by atoms with Crippen LogP contribution < -0.4 is 5.32 Å². The zero-order chi connectivity index (χ0) is 12.3. The maximum absolute atomic E-state index is 8.84. The molecular formula is C12H15ClN4. The van der Waals surface area contributed by atoms with Gasteiger partial charge in [-0.05, 0) is 38.6 Å². The van der Waals surface area contributed by atoms with Crippen molar-refractivity contribution in [3.8, 4) is 6.07 Å². The lowest BCUT2D eigenvalue weighted by Crippen LogP contribution is -2.31. The van der Waals surface area contributed by atoms with Crippen LogP contribution in [0.5, 0.6) is 0 Å². The molecule has 0 saturated carbocycles. The minimum absolute atomic E-state index is 0.353. The molecule has 0 aromatic carbocycles. The molecule has 0 radical (unpaired) electrons. The standard InChI is InChI=1S/C12H15ClN4/c1-17-4-2-3-10(17)8-15-12-6-9(7-14)5-11(13)16-12/h5-6,10H,2-4,8H2,1H3,(H,15,16). The number of likely N-dealkylation sites (tertiary alicyclic amines) is 1. The first-order valence-electron chi connectivity index (χ1n) is 5.71. The molecule has 1 aromatic heterocycles. The average Bonchev–Trinajstić information content (AvgIpc) is 2.71. The van der Waals surface area contributed by atoms with E-state index in [1.165, 1.54) is 12.8 Å². The van der Waals surface area contributed by atoms with Gasteiger partial charge < -0.3 is 10.2 Å². The van der Waals surface area contributed by atoms with Crippen LogP contribution in [0.4, 0.5) is 5.82 Å².